The molecule has 0 bridgehead atoms. The van der Waals surface area contributed by atoms with Gasteiger partial charge in [-0.3, -0.25) is 14.2 Å². The molecule has 9 heteroatoms. The van der Waals surface area contributed by atoms with Gasteiger partial charge in [0, 0.05) is 23.2 Å². The van der Waals surface area contributed by atoms with Crippen molar-refractivity contribution in [1.29, 1.82) is 0 Å². The lowest BCUT2D eigenvalue weighted by Crippen LogP contribution is -2.32. The summed E-state index contributed by atoms with van der Waals surface area (Å²) in [6, 6.07) is 12.3. The highest BCUT2D eigenvalue weighted by Crippen LogP contribution is 2.19. The Morgan fingerprint density at radius 1 is 1.12 bits per heavy atom. The van der Waals surface area contributed by atoms with Crippen LogP contribution in [0, 0.1) is 0 Å². The predicted molar refractivity (Wildman–Crippen MR) is 132 cm³/mol. The molecule has 0 spiro atoms. The summed E-state index contributed by atoms with van der Waals surface area (Å²) < 4.78 is 4.31. The molecule has 1 saturated carbocycles. The van der Waals surface area contributed by atoms with Crippen LogP contribution in [0.3, 0.4) is 0 Å². The van der Waals surface area contributed by atoms with Gasteiger partial charge in [-0.15, -0.1) is 5.10 Å². The zero-order valence-electron chi connectivity index (χ0n) is 19.0. The lowest BCUT2D eigenvalue weighted by atomic mass is 10.1. The Hall–Kier alpha value is -3.39. The number of nitrogens with zero attached hydrogens (tertiary/aromatic N) is 4. The molecule has 5 rings (SSSR count). The molecule has 2 aromatic heterocycles. The van der Waals surface area contributed by atoms with Crippen LogP contribution in [0.5, 0.6) is 0 Å². The molecule has 176 valence electrons. The molecular weight excluding hydrogens is 454 g/mol. The van der Waals surface area contributed by atoms with E-state index in [-0.39, 0.29) is 35.5 Å². The SMILES string of the molecule is CCCn1c(=O)c2ccc(C(=O)NC3CCCC3)cc2n2c(=O)n(Cc3ccc(Cl)cc3)nc12. The Bertz CT molecular complexity index is 1490. The van der Waals surface area contributed by atoms with Gasteiger partial charge in [0.05, 0.1) is 17.4 Å². The molecule has 0 saturated heterocycles. The Balaban J connectivity index is 1.66. The molecule has 0 aliphatic heterocycles. The summed E-state index contributed by atoms with van der Waals surface area (Å²) in [5.41, 5.74) is 1.08. The zero-order chi connectivity index (χ0) is 23.8. The maximum absolute atomic E-state index is 13.5. The highest BCUT2D eigenvalue weighted by molar-refractivity contribution is 6.30. The lowest BCUT2D eigenvalue weighted by molar-refractivity contribution is 0.0938. The van der Waals surface area contributed by atoms with E-state index in [4.69, 9.17) is 11.6 Å². The number of carbonyl (C=O) groups excluding carboxylic acids is 1. The van der Waals surface area contributed by atoms with Gasteiger partial charge in [-0.1, -0.05) is 43.5 Å². The van der Waals surface area contributed by atoms with Crippen molar-refractivity contribution in [2.45, 2.75) is 58.2 Å². The van der Waals surface area contributed by atoms with Crippen LogP contribution < -0.4 is 16.6 Å². The number of aromatic nitrogens is 4. The summed E-state index contributed by atoms with van der Waals surface area (Å²) in [5.74, 6) is 0.0768. The number of halogens is 1. The standard InChI is InChI=1S/C25H26ClN5O3/c1-2-13-29-23(33)20-12-9-17(22(32)27-19-5-3-4-6-19)14-21(20)31-24(29)28-30(25(31)34)15-16-7-10-18(26)11-8-16/h7-12,14,19H,2-6,13,15H2,1H3,(H,27,32). The first-order chi connectivity index (χ1) is 16.5. The lowest BCUT2D eigenvalue weighted by Gasteiger charge is -2.13. The van der Waals surface area contributed by atoms with Crippen LogP contribution >= 0.6 is 11.6 Å². The number of nitrogens with one attached hydrogen (secondary N) is 1. The van der Waals surface area contributed by atoms with Crippen molar-refractivity contribution in [3.05, 3.63) is 79.5 Å². The summed E-state index contributed by atoms with van der Waals surface area (Å²) in [7, 11) is 0. The minimum atomic E-state index is -0.367. The number of carbonyl (C=O) groups is 1. The molecule has 0 radical (unpaired) electrons. The fourth-order valence-corrected chi connectivity index (χ4v) is 4.81. The molecule has 0 atom stereocenters. The normalized spacial score (nSPS) is 14.3. The first-order valence-electron chi connectivity index (χ1n) is 11.7. The van der Waals surface area contributed by atoms with Gasteiger partial charge in [-0.2, -0.15) is 0 Å². The Labute approximate surface area is 200 Å². The second-order valence-corrected chi connectivity index (χ2v) is 9.28. The molecule has 34 heavy (non-hydrogen) atoms. The van der Waals surface area contributed by atoms with Crippen LogP contribution in [-0.4, -0.2) is 30.7 Å². The van der Waals surface area contributed by atoms with E-state index >= 15 is 0 Å². The van der Waals surface area contributed by atoms with Crippen molar-refractivity contribution in [2.75, 3.05) is 0 Å². The summed E-state index contributed by atoms with van der Waals surface area (Å²) in [6.45, 7) is 2.63. The minimum absolute atomic E-state index is 0.172. The van der Waals surface area contributed by atoms with Crippen LogP contribution in [0.1, 0.15) is 54.9 Å². The molecule has 1 aliphatic rings. The van der Waals surface area contributed by atoms with Gasteiger partial charge in [0.15, 0.2) is 0 Å². The third-order valence-corrected chi connectivity index (χ3v) is 6.68. The molecule has 1 N–H and O–H groups in total. The second kappa shape index (κ2) is 9.10. The average molecular weight is 480 g/mol. The van der Waals surface area contributed by atoms with Crippen molar-refractivity contribution in [2.24, 2.45) is 0 Å². The van der Waals surface area contributed by atoms with Crippen LogP contribution in [0.25, 0.3) is 16.7 Å². The fraction of sp³-hybridized carbons (Fsp3) is 0.360. The van der Waals surface area contributed by atoms with E-state index in [9.17, 15) is 14.4 Å². The number of benzene rings is 2. The Kier molecular flexibility index (Phi) is 6.00. The largest absolute Gasteiger partial charge is 0.352 e. The van der Waals surface area contributed by atoms with Gasteiger partial charge < -0.3 is 5.32 Å². The van der Waals surface area contributed by atoms with Crippen molar-refractivity contribution in [3.8, 4) is 0 Å². The van der Waals surface area contributed by atoms with Crippen molar-refractivity contribution in [1.82, 2.24) is 24.1 Å². The van der Waals surface area contributed by atoms with Crippen LogP contribution in [0.4, 0.5) is 0 Å². The molecule has 2 aromatic carbocycles. The average Bonchev–Trinajstić information content (AvgIpc) is 3.46. The highest BCUT2D eigenvalue weighted by Gasteiger charge is 2.21. The summed E-state index contributed by atoms with van der Waals surface area (Å²) in [4.78, 5) is 39.6. The van der Waals surface area contributed by atoms with Crippen LogP contribution in [0.2, 0.25) is 5.02 Å². The second-order valence-electron chi connectivity index (χ2n) is 8.85. The highest BCUT2D eigenvalue weighted by atomic mass is 35.5. The fourth-order valence-electron chi connectivity index (χ4n) is 4.69. The van der Waals surface area contributed by atoms with Gasteiger partial charge >= 0.3 is 5.69 Å². The van der Waals surface area contributed by atoms with E-state index in [0.29, 0.717) is 34.5 Å². The van der Waals surface area contributed by atoms with Crippen molar-refractivity contribution < 1.29 is 4.79 Å². The predicted octanol–water partition coefficient (Wildman–Crippen LogP) is 3.60. The zero-order valence-corrected chi connectivity index (χ0v) is 19.7. The van der Waals surface area contributed by atoms with E-state index < -0.39 is 0 Å². The van der Waals surface area contributed by atoms with E-state index in [1.165, 1.54) is 13.6 Å². The van der Waals surface area contributed by atoms with Crippen molar-refractivity contribution in [3.63, 3.8) is 0 Å². The van der Waals surface area contributed by atoms with Gasteiger partial charge in [-0.05, 0) is 55.2 Å². The number of hydrogen-bond donors (Lipinski definition) is 1. The molecule has 1 amide bonds. The first-order valence-corrected chi connectivity index (χ1v) is 12.1. The molecule has 0 unspecified atom stereocenters. The monoisotopic (exact) mass is 479 g/mol. The number of amides is 1. The Morgan fingerprint density at radius 2 is 1.85 bits per heavy atom. The minimum Gasteiger partial charge on any atom is -0.349 e. The van der Waals surface area contributed by atoms with Gasteiger partial charge in [-0.25, -0.2) is 13.9 Å². The third-order valence-electron chi connectivity index (χ3n) is 6.42. The maximum Gasteiger partial charge on any atom is 0.352 e. The molecule has 2 heterocycles. The maximum atomic E-state index is 13.5. The molecular formula is C25H26ClN5O3. The molecule has 4 aromatic rings. The van der Waals surface area contributed by atoms with Gasteiger partial charge in [0.2, 0.25) is 5.78 Å². The topological polar surface area (TPSA) is 90.4 Å². The van der Waals surface area contributed by atoms with E-state index in [0.717, 1.165) is 31.2 Å². The van der Waals surface area contributed by atoms with Crippen LogP contribution in [0.15, 0.2) is 52.1 Å². The van der Waals surface area contributed by atoms with E-state index in [1.807, 2.05) is 19.1 Å². The molecule has 1 aliphatic carbocycles. The number of hydrogen-bond acceptors (Lipinski definition) is 4. The summed E-state index contributed by atoms with van der Waals surface area (Å²) >= 11 is 5.98. The number of aryl methyl sites for hydroxylation is 1. The Morgan fingerprint density at radius 3 is 2.56 bits per heavy atom. The van der Waals surface area contributed by atoms with E-state index in [1.54, 1.807) is 30.3 Å². The van der Waals surface area contributed by atoms with Crippen LogP contribution in [-0.2, 0) is 13.1 Å². The van der Waals surface area contributed by atoms with Gasteiger partial charge in [0.25, 0.3) is 11.5 Å². The molecule has 8 nitrogen and oxygen atoms in total. The van der Waals surface area contributed by atoms with Crippen molar-refractivity contribution >= 4 is 34.2 Å². The summed E-state index contributed by atoms with van der Waals surface area (Å²) in [5, 5.41) is 8.57. The summed E-state index contributed by atoms with van der Waals surface area (Å²) in [6.07, 6.45) is 4.89. The number of fused-ring (bicyclic) bond motifs is 3. The number of rotatable bonds is 6. The van der Waals surface area contributed by atoms with E-state index in [2.05, 4.69) is 10.4 Å². The van der Waals surface area contributed by atoms with Gasteiger partial charge in [0.1, 0.15) is 0 Å². The first kappa shape index (κ1) is 22.4. The quantitative estimate of drug-likeness (QED) is 0.457. The smallest absolute Gasteiger partial charge is 0.349 e. The third kappa shape index (κ3) is 4.03. The molecule has 1 fully saturated rings.